The van der Waals surface area contributed by atoms with Crippen molar-refractivity contribution in [3.05, 3.63) is 47.5 Å². The van der Waals surface area contributed by atoms with Gasteiger partial charge in [-0.1, -0.05) is 44.2 Å². The zero-order valence-corrected chi connectivity index (χ0v) is 21.0. The van der Waals surface area contributed by atoms with Gasteiger partial charge in [0.2, 0.25) is 0 Å². The molecule has 3 amide bonds. The van der Waals surface area contributed by atoms with Gasteiger partial charge >= 0.3 is 12.0 Å². The maximum absolute atomic E-state index is 12.7. The first-order chi connectivity index (χ1) is 16.7. The number of hydrogen-bond acceptors (Lipinski definition) is 6. The second kappa shape index (κ2) is 12.5. The monoisotopic (exact) mass is 498 g/mol. The summed E-state index contributed by atoms with van der Waals surface area (Å²) in [5, 5.41) is 6.10. The van der Waals surface area contributed by atoms with Crippen LogP contribution in [0.2, 0.25) is 0 Å². The van der Waals surface area contributed by atoms with Crippen LogP contribution in [0.4, 0.5) is 9.80 Å². The normalized spacial score (nSPS) is 14.9. The molecule has 0 spiro atoms. The fourth-order valence-corrected chi connectivity index (χ4v) is 5.17. The highest BCUT2D eigenvalue weighted by molar-refractivity contribution is 7.20. The summed E-state index contributed by atoms with van der Waals surface area (Å²) < 4.78 is 5.72. The predicted octanol–water partition coefficient (Wildman–Crippen LogP) is 4.51. The largest absolute Gasteiger partial charge is 0.461 e. The number of carbonyl (C=O) groups is 3. The minimum Gasteiger partial charge on any atom is -0.461 e. The lowest BCUT2D eigenvalue weighted by Crippen LogP contribution is -2.40. The maximum Gasteiger partial charge on any atom is 0.323 e. The highest BCUT2D eigenvalue weighted by atomic mass is 32.1. The number of benzene rings is 1. The van der Waals surface area contributed by atoms with Gasteiger partial charge in [-0.3, -0.25) is 14.9 Å². The Bertz CT molecular complexity index is 1070. The molecule has 0 bridgehead atoms. The maximum atomic E-state index is 12.7. The van der Waals surface area contributed by atoms with Gasteiger partial charge in [0.25, 0.3) is 5.91 Å². The molecule has 9 heteroatoms. The molecule has 1 aromatic heterocycles. The van der Waals surface area contributed by atoms with Crippen LogP contribution in [0.3, 0.4) is 0 Å². The summed E-state index contributed by atoms with van der Waals surface area (Å²) in [4.78, 5) is 36.4. The van der Waals surface area contributed by atoms with Gasteiger partial charge in [-0.05, 0) is 61.3 Å². The number of primary amides is 2. The summed E-state index contributed by atoms with van der Waals surface area (Å²) in [6.45, 7) is 4.72. The molecule has 0 radical (unpaired) electrons. The van der Waals surface area contributed by atoms with Crippen molar-refractivity contribution in [2.75, 3.05) is 11.9 Å². The SMILES string of the molecule is CC(C)C[C@H](NC/C=C/c1cccc(-c2cc(C(N)=O)c(NC(N)=O)s2)c1)C(=O)OC1CCCC1. The van der Waals surface area contributed by atoms with E-state index in [2.05, 4.69) is 24.5 Å². The molecule has 1 fully saturated rings. The van der Waals surface area contributed by atoms with Gasteiger partial charge in [0, 0.05) is 11.4 Å². The number of anilines is 1. The van der Waals surface area contributed by atoms with Crippen molar-refractivity contribution in [2.45, 2.75) is 58.1 Å². The topological polar surface area (TPSA) is 137 Å². The first-order valence-corrected chi connectivity index (χ1v) is 12.8. The molecule has 1 aliphatic carbocycles. The predicted molar refractivity (Wildman–Crippen MR) is 140 cm³/mol. The molecule has 1 aromatic carbocycles. The third kappa shape index (κ3) is 7.93. The van der Waals surface area contributed by atoms with E-state index in [-0.39, 0.29) is 23.7 Å². The molecule has 1 aliphatic rings. The van der Waals surface area contributed by atoms with Crippen LogP contribution in [-0.2, 0) is 9.53 Å². The minimum absolute atomic E-state index is 0.0586. The van der Waals surface area contributed by atoms with Gasteiger partial charge in [0.1, 0.15) is 17.1 Å². The number of esters is 1. The number of rotatable bonds is 11. The average Bonchev–Trinajstić information content (AvgIpc) is 3.45. The van der Waals surface area contributed by atoms with Crippen molar-refractivity contribution in [3.8, 4) is 10.4 Å². The van der Waals surface area contributed by atoms with Crippen molar-refractivity contribution in [1.29, 1.82) is 0 Å². The molecular formula is C26H34N4O4S. The molecule has 2 aromatic rings. The summed E-state index contributed by atoms with van der Waals surface area (Å²) in [6, 6.07) is 8.32. The van der Waals surface area contributed by atoms with E-state index in [1.807, 2.05) is 36.4 Å². The minimum atomic E-state index is -0.757. The molecule has 1 heterocycles. The van der Waals surface area contributed by atoms with E-state index in [1.165, 1.54) is 11.3 Å². The van der Waals surface area contributed by atoms with E-state index < -0.39 is 11.9 Å². The highest BCUT2D eigenvalue weighted by Crippen LogP contribution is 2.35. The van der Waals surface area contributed by atoms with Crippen molar-refractivity contribution >= 4 is 40.3 Å². The summed E-state index contributed by atoms with van der Waals surface area (Å²) in [7, 11) is 0. The molecule has 1 atom stereocenters. The van der Waals surface area contributed by atoms with E-state index >= 15 is 0 Å². The standard InChI is InChI=1S/C26H34N4O4S/c1-16(2)13-21(25(32)34-19-10-3-4-11-19)29-12-6-8-17-7-5-9-18(14-17)22-15-20(23(27)31)24(35-22)30-26(28)33/h5-9,14-16,19,21,29H,3-4,10-13H2,1-2H3,(H2,27,31)(H3,28,30,33)/b8-6+/t21-/m0/s1. The molecule has 35 heavy (non-hydrogen) atoms. The Balaban J connectivity index is 1.64. The molecular weight excluding hydrogens is 464 g/mol. The van der Waals surface area contributed by atoms with Crippen LogP contribution in [0.1, 0.15) is 61.9 Å². The van der Waals surface area contributed by atoms with Crippen LogP contribution in [0.25, 0.3) is 16.5 Å². The van der Waals surface area contributed by atoms with Crippen LogP contribution in [0.5, 0.6) is 0 Å². The quantitative estimate of drug-likeness (QED) is 0.338. The molecule has 8 nitrogen and oxygen atoms in total. The summed E-state index contributed by atoms with van der Waals surface area (Å²) in [5.74, 6) is -0.431. The Hall–Kier alpha value is -3.17. The van der Waals surface area contributed by atoms with E-state index in [0.29, 0.717) is 17.5 Å². The third-order valence-electron chi connectivity index (χ3n) is 5.77. The van der Waals surface area contributed by atoms with Crippen LogP contribution < -0.4 is 22.1 Å². The van der Waals surface area contributed by atoms with Crippen molar-refractivity contribution < 1.29 is 19.1 Å². The van der Waals surface area contributed by atoms with E-state index in [0.717, 1.165) is 48.1 Å². The molecule has 1 saturated carbocycles. The van der Waals surface area contributed by atoms with E-state index in [1.54, 1.807) is 6.07 Å². The first-order valence-electron chi connectivity index (χ1n) is 11.9. The summed E-state index contributed by atoms with van der Waals surface area (Å²) in [6.07, 6.45) is 8.89. The van der Waals surface area contributed by atoms with E-state index in [9.17, 15) is 14.4 Å². The lowest BCUT2D eigenvalue weighted by atomic mass is 10.0. The number of thiophene rings is 1. The third-order valence-corrected chi connectivity index (χ3v) is 6.87. The van der Waals surface area contributed by atoms with Gasteiger partial charge in [0.15, 0.2) is 0 Å². The number of nitrogens with one attached hydrogen (secondary N) is 2. The fraction of sp³-hybridized carbons (Fsp3) is 0.423. The summed E-state index contributed by atoms with van der Waals surface area (Å²) >= 11 is 1.23. The van der Waals surface area contributed by atoms with Crippen LogP contribution >= 0.6 is 11.3 Å². The Labute approximate surface area is 210 Å². The Morgan fingerprint density at radius 1 is 1.17 bits per heavy atom. The second-order valence-electron chi connectivity index (χ2n) is 9.17. The highest BCUT2D eigenvalue weighted by Gasteiger charge is 2.25. The van der Waals surface area contributed by atoms with Gasteiger partial charge in [0.05, 0.1) is 5.56 Å². The smallest absolute Gasteiger partial charge is 0.323 e. The van der Waals surface area contributed by atoms with Gasteiger partial charge in [-0.25, -0.2) is 4.79 Å². The zero-order valence-electron chi connectivity index (χ0n) is 20.2. The zero-order chi connectivity index (χ0) is 25.4. The molecule has 3 rings (SSSR count). The van der Waals surface area contributed by atoms with Crippen molar-refractivity contribution in [3.63, 3.8) is 0 Å². The Kier molecular flexibility index (Phi) is 9.45. The van der Waals surface area contributed by atoms with Gasteiger partial charge < -0.3 is 21.5 Å². The van der Waals surface area contributed by atoms with Crippen LogP contribution in [0, 0.1) is 5.92 Å². The number of urea groups is 1. The molecule has 0 saturated heterocycles. The van der Waals surface area contributed by atoms with Gasteiger partial charge in [-0.2, -0.15) is 0 Å². The van der Waals surface area contributed by atoms with Crippen LogP contribution in [-0.4, -0.2) is 36.6 Å². The van der Waals surface area contributed by atoms with Crippen molar-refractivity contribution in [2.24, 2.45) is 17.4 Å². The fourth-order valence-electron chi connectivity index (χ4n) is 4.11. The molecule has 188 valence electrons. The Morgan fingerprint density at radius 2 is 1.91 bits per heavy atom. The molecule has 0 aliphatic heterocycles. The van der Waals surface area contributed by atoms with Crippen LogP contribution in [0.15, 0.2) is 36.4 Å². The molecule has 6 N–H and O–H groups in total. The number of carbonyl (C=O) groups excluding carboxylic acids is 3. The first kappa shape index (κ1) is 26.4. The lowest BCUT2D eigenvalue weighted by molar-refractivity contribution is -0.151. The molecule has 0 unspecified atom stereocenters. The number of hydrogen-bond donors (Lipinski definition) is 4. The second-order valence-corrected chi connectivity index (χ2v) is 10.2. The number of amides is 3. The number of nitrogens with two attached hydrogens (primary N) is 2. The van der Waals surface area contributed by atoms with Crippen molar-refractivity contribution in [1.82, 2.24) is 5.32 Å². The van der Waals surface area contributed by atoms with Gasteiger partial charge in [-0.15, -0.1) is 11.3 Å². The lowest BCUT2D eigenvalue weighted by Gasteiger charge is -2.21. The summed E-state index contributed by atoms with van der Waals surface area (Å²) in [5.41, 5.74) is 12.7. The Morgan fingerprint density at radius 3 is 2.57 bits per heavy atom. The number of ether oxygens (including phenoxy) is 1. The average molecular weight is 499 g/mol. The van der Waals surface area contributed by atoms with E-state index in [4.69, 9.17) is 16.2 Å².